The third-order valence-corrected chi connectivity index (χ3v) is 3.75. The summed E-state index contributed by atoms with van der Waals surface area (Å²) in [4.78, 5) is 11.8. The predicted octanol–water partition coefficient (Wildman–Crippen LogP) is 3.13. The number of carbonyl (C=O) groups is 1. The summed E-state index contributed by atoms with van der Waals surface area (Å²) in [7, 11) is 3.19. The molecule has 0 bridgehead atoms. The fourth-order valence-corrected chi connectivity index (χ4v) is 2.81. The van der Waals surface area contributed by atoms with E-state index < -0.39 is 5.97 Å². The third-order valence-electron chi connectivity index (χ3n) is 3.75. The van der Waals surface area contributed by atoms with E-state index in [1.54, 1.807) is 6.92 Å². The Morgan fingerprint density at radius 3 is 2.65 bits per heavy atom. The van der Waals surface area contributed by atoms with E-state index in [-0.39, 0.29) is 11.3 Å². The Morgan fingerprint density at radius 2 is 1.95 bits per heavy atom. The summed E-state index contributed by atoms with van der Waals surface area (Å²) in [6.45, 7) is 1.80. The van der Waals surface area contributed by atoms with Gasteiger partial charge in [0.1, 0.15) is 5.56 Å². The minimum absolute atomic E-state index is 0.0226. The summed E-state index contributed by atoms with van der Waals surface area (Å²) >= 11 is 0. The molecule has 1 N–H and O–H groups in total. The lowest BCUT2D eigenvalue weighted by molar-refractivity contribution is 0.0597. The minimum Gasteiger partial charge on any atom is -0.505 e. The van der Waals surface area contributed by atoms with Crippen LogP contribution < -0.4 is 0 Å². The second-order valence-electron chi connectivity index (χ2n) is 4.88. The molecule has 3 aromatic rings. The van der Waals surface area contributed by atoms with Crippen molar-refractivity contribution in [3.05, 3.63) is 41.5 Å². The molecule has 1 heterocycles. The molecular formula is C16H15NO3. The van der Waals surface area contributed by atoms with E-state index in [1.807, 2.05) is 41.9 Å². The maximum Gasteiger partial charge on any atom is 0.341 e. The standard InChI is InChI=1S/C16H15NO3/c1-9-8-11-10-6-4-5-7-12(10)17(2)14(11)15(18)13(9)16(19)20-3/h4-8,18H,1-3H3. The number of ether oxygens (including phenoxy) is 1. The van der Waals surface area contributed by atoms with Gasteiger partial charge in [-0.15, -0.1) is 0 Å². The number of phenolic OH excluding ortho intramolecular Hbond substituents is 1. The number of benzene rings is 2. The Labute approximate surface area is 116 Å². The lowest BCUT2D eigenvalue weighted by Gasteiger charge is -2.09. The van der Waals surface area contributed by atoms with Gasteiger partial charge in [-0.2, -0.15) is 0 Å². The molecule has 1 aromatic heterocycles. The topological polar surface area (TPSA) is 51.5 Å². The molecule has 0 fully saturated rings. The van der Waals surface area contributed by atoms with Gasteiger partial charge in [0, 0.05) is 23.3 Å². The number of hydrogen-bond donors (Lipinski definition) is 1. The predicted molar refractivity (Wildman–Crippen MR) is 78.2 cm³/mol. The van der Waals surface area contributed by atoms with Gasteiger partial charge in [-0.05, 0) is 24.6 Å². The van der Waals surface area contributed by atoms with E-state index in [1.165, 1.54) is 7.11 Å². The van der Waals surface area contributed by atoms with Crippen molar-refractivity contribution in [1.29, 1.82) is 0 Å². The fourth-order valence-electron chi connectivity index (χ4n) is 2.81. The first-order chi connectivity index (χ1) is 9.56. The average molecular weight is 269 g/mol. The van der Waals surface area contributed by atoms with Gasteiger partial charge in [-0.25, -0.2) is 4.79 Å². The fraction of sp³-hybridized carbons (Fsp3) is 0.188. The summed E-state index contributed by atoms with van der Waals surface area (Å²) in [5.74, 6) is -0.544. The first-order valence-electron chi connectivity index (χ1n) is 6.34. The van der Waals surface area contributed by atoms with E-state index >= 15 is 0 Å². The molecule has 102 valence electrons. The Balaban J connectivity index is 2.53. The number of esters is 1. The van der Waals surface area contributed by atoms with Crippen LogP contribution in [-0.4, -0.2) is 22.8 Å². The van der Waals surface area contributed by atoms with Crippen LogP contribution >= 0.6 is 0 Å². The average Bonchev–Trinajstić information content (AvgIpc) is 2.72. The quantitative estimate of drug-likeness (QED) is 0.690. The van der Waals surface area contributed by atoms with E-state index in [0.29, 0.717) is 11.1 Å². The Hall–Kier alpha value is -2.49. The molecule has 0 radical (unpaired) electrons. The molecule has 20 heavy (non-hydrogen) atoms. The number of fused-ring (bicyclic) bond motifs is 3. The number of nitrogens with zero attached hydrogens (tertiary/aromatic N) is 1. The van der Waals surface area contributed by atoms with Crippen LogP contribution in [0, 0.1) is 6.92 Å². The smallest absolute Gasteiger partial charge is 0.341 e. The number of carbonyl (C=O) groups excluding carboxylic acids is 1. The zero-order chi connectivity index (χ0) is 14.4. The van der Waals surface area contributed by atoms with Crippen molar-refractivity contribution in [2.45, 2.75) is 6.92 Å². The first-order valence-corrected chi connectivity index (χ1v) is 6.34. The monoisotopic (exact) mass is 269 g/mol. The highest BCUT2D eigenvalue weighted by molar-refractivity contribution is 6.13. The Kier molecular flexibility index (Phi) is 2.67. The molecular weight excluding hydrogens is 254 g/mol. The first kappa shape index (κ1) is 12.5. The molecule has 0 aliphatic rings. The van der Waals surface area contributed by atoms with Gasteiger partial charge in [0.05, 0.1) is 12.6 Å². The largest absolute Gasteiger partial charge is 0.505 e. The van der Waals surface area contributed by atoms with Gasteiger partial charge in [-0.3, -0.25) is 0 Å². The van der Waals surface area contributed by atoms with Crippen LogP contribution in [0.25, 0.3) is 21.8 Å². The number of aromatic hydroxyl groups is 1. The summed E-state index contributed by atoms with van der Waals surface area (Å²) in [5.41, 5.74) is 2.60. The van der Waals surface area contributed by atoms with Crippen molar-refractivity contribution in [3.8, 4) is 5.75 Å². The van der Waals surface area contributed by atoms with E-state index in [4.69, 9.17) is 4.74 Å². The van der Waals surface area contributed by atoms with E-state index in [9.17, 15) is 9.90 Å². The van der Waals surface area contributed by atoms with Crippen molar-refractivity contribution in [2.24, 2.45) is 7.05 Å². The van der Waals surface area contributed by atoms with Crippen LogP contribution in [0.5, 0.6) is 5.75 Å². The van der Waals surface area contributed by atoms with Crippen LogP contribution in [0.4, 0.5) is 0 Å². The number of rotatable bonds is 1. The molecule has 0 spiro atoms. The van der Waals surface area contributed by atoms with E-state index in [0.717, 1.165) is 16.3 Å². The Bertz CT molecular complexity index is 846. The van der Waals surface area contributed by atoms with E-state index in [2.05, 4.69) is 0 Å². The van der Waals surface area contributed by atoms with Crippen molar-refractivity contribution in [2.75, 3.05) is 7.11 Å². The number of aryl methyl sites for hydroxylation is 2. The number of aromatic nitrogens is 1. The summed E-state index contributed by atoms with van der Waals surface area (Å²) in [5, 5.41) is 12.5. The van der Waals surface area contributed by atoms with Gasteiger partial charge in [0.15, 0.2) is 5.75 Å². The number of hydrogen-bond acceptors (Lipinski definition) is 3. The molecule has 3 rings (SSSR count). The van der Waals surface area contributed by atoms with Gasteiger partial charge >= 0.3 is 5.97 Å². The minimum atomic E-state index is -0.521. The number of phenols is 1. The molecule has 4 nitrogen and oxygen atoms in total. The SMILES string of the molecule is COC(=O)c1c(C)cc2c3ccccc3n(C)c2c1O. The van der Waals surface area contributed by atoms with Gasteiger partial charge in [0.25, 0.3) is 0 Å². The van der Waals surface area contributed by atoms with Crippen molar-refractivity contribution >= 4 is 27.8 Å². The van der Waals surface area contributed by atoms with Crippen LogP contribution in [0.15, 0.2) is 30.3 Å². The highest BCUT2D eigenvalue weighted by Crippen LogP contribution is 2.37. The maximum atomic E-state index is 11.8. The third kappa shape index (κ3) is 1.51. The lowest BCUT2D eigenvalue weighted by atomic mass is 10.0. The Morgan fingerprint density at radius 1 is 1.25 bits per heavy atom. The van der Waals surface area contributed by atoms with Crippen molar-refractivity contribution < 1.29 is 14.6 Å². The summed E-state index contributed by atoms with van der Waals surface area (Å²) < 4.78 is 6.65. The molecule has 4 heteroatoms. The number of methoxy groups -OCH3 is 1. The maximum absolute atomic E-state index is 11.8. The van der Waals surface area contributed by atoms with Crippen LogP contribution in [-0.2, 0) is 11.8 Å². The van der Waals surface area contributed by atoms with Crippen LogP contribution in [0.1, 0.15) is 15.9 Å². The highest BCUT2D eigenvalue weighted by atomic mass is 16.5. The van der Waals surface area contributed by atoms with Crippen molar-refractivity contribution in [3.63, 3.8) is 0 Å². The highest BCUT2D eigenvalue weighted by Gasteiger charge is 2.21. The summed E-state index contributed by atoms with van der Waals surface area (Å²) in [6, 6.07) is 9.83. The zero-order valence-electron chi connectivity index (χ0n) is 11.6. The molecule has 0 aliphatic carbocycles. The molecule has 0 saturated carbocycles. The number of para-hydroxylation sites is 1. The second kappa shape index (κ2) is 4.27. The van der Waals surface area contributed by atoms with Gasteiger partial charge in [-0.1, -0.05) is 18.2 Å². The van der Waals surface area contributed by atoms with Gasteiger partial charge < -0.3 is 14.4 Å². The van der Waals surface area contributed by atoms with Crippen molar-refractivity contribution in [1.82, 2.24) is 4.57 Å². The zero-order valence-corrected chi connectivity index (χ0v) is 11.6. The lowest BCUT2D eigenvalue weighted by Crippen LogP contribution is -2.05. The molecule has 0 unspecified atom stereocenters. The second-order valence-corrected chi connectivity index (χ2v) is 4.88. The molecule has 0 amide bonds. The molecule has 0 atom stereocenters. The molecule has 0 aliphatic heterocycles. The molecule has 2 aromatic carbocycles. The normalized spacial score (nSPS) is 11.2. The molecule has 0 saturated heterocycles. The summed E-state index contributed by atoms with van der Waals surface area (Å²) in [6.07, 6.45) is 0. The van der Waals surface area contributed by atoms with Crippen LogP contribution in [0.3, 0.4) is 0 Å². The van der Waals surface area contributed by atoms with Crippen LogP contribution in [0.2, 0.25) is 0 Å². The van der Waals surface area contributed by atoms with Gasteiger partial charge in [0.2, 0.25) is 0 Å².